The number of piperazine rings is 1. The van der Waals surface area contributed by atoms with Gasteiger partial charge >= 0.3 is 12.1 Å². The van der Waals surface area contributed by atoms with Crippen LogP contribution in [0.25, 0.3) is 11.1 Å². The fraction of sp³-hybridized carbons (Fsp3) is 0.333. The zero-order valence-corrected chi connectivity index (χ0v) is 19.8. The summed E-state index contributed by atoms with van der Waals surface area (Å²) in [6.07, 6.45) is -1.36. The van der Waals surface area contributed by atoms with Crippen LogP contribution in [0, 0.1) is 0 Å². The summed E-state index contributed by atoms with van der Waals surface area (Å²) < 4.78 is 39.2. The van der Waals surface area contributed by atoms with Gasteiger partial charge in [-0.2, -0.15) is 13.2 Å². The molecule has 2 atom stereocenters. The van der Waals surface area contributed by atoms with Crippen LogP contribution in [0.15, 0.2) is 73.1 Å². The highest BCUT2D eigenvalue weighted by Crippen LogP contribution is 2.39. The highest BCUT2D eigenvalue weighted by atomic mass is 19.4. The number of benzene rings is 2. The maximum Gasteiger partial charge on any atom is 0.421 e. The molecule has 0 bridgehead atoms. The van der Waals surface area contributed by atoms with Gasteiger partial charge in [0.15, 0.2) is 5.60 Å². The van der Waals surface area contributed by atoms with Gasteiger partial charge in [-0.1, -0.05) is 48.5 Å². The molecule has 6 nitrogen and oxygen atoms in total. The summed E-state index contributed by atoms with van der Waals surface area (Å²) in [5.74, 6) is -0.850. The Morgan fingerprint density at radius 2 is 1.47 bits per heavy atom. The highest BCUT2D eigenvalue weighted by molar-refractivity contribution is 5.74. The summed E-state index contributed by atoms with van der Waals surface area (Å²) in [5, 5.41) is 19.6. The molecule has 0 radical (unpaired) electrons. The Bertz CT molecular complexity index is 1170. The largest absolute Gasteiger partial charge is 0.480 e. The van der Waals surface area contributed by atoms with E-state index in [0.29, 0.717) is 26.2 Å². The van der Waals surface area contributed by atoms with Gasteiger partial charge in [0.05, 0.1) is 0 Å². The molecule has 1 aliphatic rings. The molecule has 2 aromatic carbocycles. The Morgan fingerprint density at radius 1 is 0.917 bits per heavy atom. The molecular weight excluding hydrogens is 471 g/mol. The standard InChI is InChI=1S/C27H28F3N3O3/c1-26(36,27(28,29)30)23-8-6-22(7-9-23)21-4-2-19(3-5-21)16-32-14-15-33(24(18-32)25(34)35)17-20-10-12-31-13-11-20/h2-13,24,36H,14-18H2,1H3,(H,34,35)/t24-,26?/m1/s1. The first-order valence-electron chi connectivity index (χ1n) is 11.6. The Labute approximate surface area is 207 Å². The van der Waals surface area contributed by atoms with Gasteiger partial charge in [-0.15, -0.1) is 0 Å². The molecule has 4 rings (SSSR count). The number of carboxylic acid groups (broad SMARTS) is 1. The molecule has 2 N–H and O–H groups in total. The Balaban J connectivity index is 1.39. The van der Waals surface area contributed by atoms with E-state index in [4.69, 9.17) is 0 Å². The summed E-state index contributed by atoms with van der Waals surface area (Å²) in [6, 6.07) is 16.5. The summed E-state index contributed by atoms with van der Waals surface area (Å²) in [5.41, 5.74) is 0.483. The first-order chi connectivity index (χ1) is 17.0. The van der Waals surface area contributed by atoms with Gasteiger partial charge in [-0.05, 0) is 46.9 Å². The number of aromatic nitrogens is 1. The monoisotopic (exact) mass is 499 g/mol. The van der Waals surface area contributed by atoms with E-state index in [1.54, 1.807) is 24.5 Å². The molecule has 36 heavy (non-hydrogen) atoms. The molecule has 1 unspecified atom stereocenters. The van der Waals surface area contributed by atoms with Crippen molar-refractivity contribution in [1.82, 2.24) is 14.8 Å². The quantitative estimate of drug-likeness (QED) is 0.505. The zero-order chi connectivity index (χ0) is 25.9. The fourth-order valence-electron chi connectivity index (χ4n) is 4.38. The number of rotatable bonds is 7. The van der Waals surface area contributed by atoms with Gasteiger partial charge in [-0.25, -0.2) is 0 Å². The van der Waals surface area contributed by atoms with Crippen molar-refractivity contribution in [3.63, 3.8) is 0 Å². The minimum absolute atomic E-state index is 0.216. The minimum Gasteiger partial charge on any atom is -0.480 e. The number of nitrogens with zero attached hydrogens (tertiary/aromatic N) is 3. The summed E-state index contributed by atoms with van der Waals surface area (Å²) in [7, 11) is 0. The molecule has 1 fully saturated rings. The third-order valence-electron chi connectivity index (χ3n) is 6.69. The van der Waals surface area contributed by atoms with Crippen molar-refractivity contribution in [3.8, 4) is 11.1 Å². The Morgan fingerprint density at radius 3 is 2.03 bits per heavy atom. The number of halogens is 3. The van der Waals surface area contributed by atoms with Crippen molar-refractivity contribution in [1.29, 1.82) is 0 Å². The first kappa shape index (κ1) is 25.8. The number of pyridine rings is 1. The molecule has 1 aliphatic heterocycles. The molecule has 0 amide bonds. The van der Waals surface area contributed by atoms with E-state index in [0.717, 1.165) is 35.7 Å². The molecule has 2 heterocycles. The maximum absolute atomic E-state index is 13.1. The Kier molecular flexibility index (Phi) is 7.44. The predicted octanol–water partition coefficient (Wildman–Crippen LogP) is 4.29. The number of carbonyl (C=O) groups is 1. The predicted molar refractivity (Wildman–Crippen MR) is 129 cm³/mol. The molecule has 1 saturated heterocycles. The van der Waals surface area contributed by atoms with Crippen LogP contribution in [0.5, 0.6) is 0 Å². The van der Waals surface area contributed by atoms with Crippen molar-refractivity contribution in [2.75, 3.05) is 19.6 Å². The SMILES string of the molecule is CC(O)(c1ccc(-c2ccc(CN3CCN(Cc4ccncc4)[C@@H](C(=O)O)C3)cc2)cc1)C(F)(F)F. The van der Waals surface area contributed by atoms with E-state index in [1.807, 2.05) is 41.3 Å². The van der Waals surface area contributed by atoms with Crippen molar-refractivity contribution in [3.05, 3.63) is 89.7 Å². The third-order valence-corrected chi connectivity index (χ3v) is 6.69. The number of alkyl halides is 3. The summed E-state index contributed by atoms with van der Waals surface area (Å²) in [6.45, 7) is 3.66. The second-order valence-electron chi connectivity index (χ2n) is 9.26. The molecule has 0 spiro atoms. The third kappa shape index (κ3) is 5.75. The van der Waals surface area contributed by atoms with E-state index in [9.17, 15) is 28.2 Å². The van der Waals surface area contributed by atoms with Crippen LogP contribution in [0.3, 0.4) is 0 Å². The second kappa shape index (κ2) is 10.4. The van der Waals surface area contributed by atoms with Crippen molar-refractivity contribution >= 4 is 5.97 Å². The van der Waals surface area contributed by atoms with E-state index in [1.165, 1.54) is 12.1 Å². The normalized spacial score (nSPS) is 19.1. The van der Waals surface area contributed by atoms with Gasteiger partial charge in [0.25, 0.3) is 0 Å². The lowest BCUT2D eigenvalue weighted by Crippen LogP contribution is -2.55. The molecule has 0 aliphatic carbocycles. The average Bonchev–Trinajstić information content (AvgIpc) is 2.85. The summed E-state index contributed by atoms with van der Waals surface area (Å²) in [4.78, 5) is 20.0. The lowest BCUT2D eigenvalue weighted by Gasteiger charge is -2.39. The molecule has 1 aromatic heterocycles. The maximum atomic E-state index is 13.1. The van der Waals surface area contributed by atoms with Crippen LogP contribution in [-0.2, 0) is 23.5 Å². The van der Waals surface area contributed by atoms with Crippen LogP contribution in [0.4, 0.5) is 13.2 Å². The lowest BCUT2D eigenvalue weighted by molar-refractivity contribution is -0.258. The Hall–Kier alpha value is -3.27. The second-order valence-corrected chi connectivity index (χ2v) is 9.26. The van der Waals surface area contributed by atoms with Gasteiger partial charge in [-0.3, -0.25) is 19.6 Å². The zero-order valence-electron chi connectivity index (χ0n) is 19.8. The van der Waals surface area contributed by atoms with Gasteiger partial charge in [0.2, 0.25) is 0 Å². The number of aliphatic carboxylic acids is 1. The highest BCUT2D eigenvalue weighted by Gasteiger charge is 2.51. The minimum atomic E-state index is -4.76. The van der Waals surface area contributed by atoms with E-state index < -0.39 is 23.8 Å². The molecule has 9 heteroatoms. The van der Waals surface area contributed by atoms with Crippen molar-refractivity contribution < 1.29 is 28.2 Å². The molecule has 0 saturated carbocycles. The smallest absolute Gasteiger partial charge is 0.421 e. The van der Waals surface area contributed by atoms with Gasteiger partial charge < -0.3 is 10.2 Å². The van der Waals surface area contributed by atoms with E-state index >= 15 is 0 Å². The topological polar surface area (TPSA) is 76.9 Å². The van der Waals surface area contributed by atoms with Crippen LogP contribution >= 0.6 is 0 Å². The number of carboxylic acids is 1. The molecule has 190 valence electrons. The van der Waals surface area contributed by atoms with Crippen LogP contribution in [-0.4, -0.2) is 62.8 Å². The van der Waals surface area contributed by atoms with Crippen LogP contribution in [0.2, 0.25) is 0 Å². The lowest BCUT2D eigenvalue weighted by atomic mass is 9.93. The van der Waals surface area contributed by atoms with Crippen LogP contribution < -0.4 is 0 Å². The van der Waals surface area contributed by atoms with Crippen molar-refractivity contribution in [2.45, 2.75) is 37.8 Å². The summed E-state index contributed by atoms with van der Waals surface area (Å²) >= 11 is 0. The van der Waals surface area contributed by atoms with E-state index in [2.05, 4.69) is 9.88 Å². The van der Waals surface area contributed by atoms with Crippen LogP contribution in [0.1, 0.15) is 23.6 Å². The van der Waals surface area contributed by atoms with Gasteiger partial charge in [0, 0.05) is 45.1 Å². The van der Waals surface area contributed by atoms with Gasteiger partial charge in [0.1, 0.15) is 6.04 Å². The number of hydrogen-bond acceptors (Lipinski definition) is 5. The fourth-order valence-corrected chi connectivity index (χ4v) is 4.38. The average molecular weight is 500 g/mol. The molecular formula is C27H28F3N3O3. The number of aliphatic hydroxyl groups is 1. The molecule has 3 aromatic rings. The first-order valence-corrected chi connectivity index (χ1v) is 11.6. The number of hydrogen-bond donors (Lipinski definition) is 2. The van der Waals surface area contributed by atoms with Crippen molar-refractivity contribution in [2.24, 2.45) is 0 Å². The van der Waals surface area contributed by atoms with E-state index in [-0.39, 0.29) is 5.56 Å².